The van der Waals surface area contributed by atoms with E-state index in [1.54, 1.807) is 0 Å². The van der Waals surface area contributed by atoms with E-state index in [1.807, 2.05) is 24.3 Å². The fourth-order valence-electron chi connectivity index (χ4n) is 9.75. The van der Waals surface area contributed by atoms with Crippen molar-refractivity contribution in [2.24, 2.45) is 9.98 Å². The summed E-state index contributed by atoms with van der Waals surface area (Å²) in [4.78, 5) is 10.1. The zero-order chi connectivity index (χ0) is 41.0. The number of amidine groups is 2. The summed E-state index contributed by atoms with van der Waals surface area (Å²) < 4.78 is 6.58. The van der Waals surface area contributed by atoms with Crippen LogP contribution in [0.5, 0.6) is 11.5 Å². The van der Waals surface area contributed by atoms with Crippen molar-refractivity contribution in [1.82, 2.24) is 5.32 Å². The van der Waals surface area contributed by atoms with Crippen LogP contribution in [0.2, 0.25) is 0 Å². The first kappa shape index (κ1) is 35.8. The van der Waals surface area contributed by atoms with Gasteiger partial charge in [0.1, 0.15) is 23.5 Å². The highest BCUT2D eigenvalue weighted by atomic mass is 16.5. The van der Waals surface area contributed by atoms with Crippen molar-refractivity contribution in [2.75, 3.05) is 0 Å². The molecule has 9 aromatic rings. The van der Waals surface area contributed by atoms with E-state index in [9.17, 15) is 0 Å². The first-order chi connectivity index (χ1) is 30.7. The van der Waals surface area contributed by atoms with E-state index in [-0.39, 0.29) is 6.17 Å². The minimum atomic E-state index is -0.509. The van der Waals surface area contributed by atoms with Crippen LogP contribution in [-0.4, -0.2) is 11.7 Å². The van der Waals surface area contributed by atoms with Gasteiger partial charge in [-0.2, -0.15) is 0 Å². The Hall–Kier alpha value is -8.08. The Bertz CT molecular complexity index is 3210. The number of nitrogens with one attached hydrogen (secondary N) is 1. The zero-order valence-electron chi connectivity index (χ0n) is 33.7. The molecule has 0 saturated carbocycles. The molecule has 0 aromatic heterocycles. The van der Waals surface area contributed by atoms with Crippen molar-refractivity contribution < 1.29 is 4.74 Å². The van der Waals surface area contributed by atoms with Crippen molar-refractivity contribution in [2.45, 2.75) is 11.6 Å². The van der Waals surface area contributed by atoms with Crippen LogP contribution < -0.4 is 10.1 Å². The summed E-state index contributed by atoms with van der Waals surface area (Å²) in [5.41, 5.74) is 16.9. The average molecular weight is 794 g/mol. The topological polar surface area (TPSA) is 46.0 Å². The van der Waals surface area contributed by atoms with Crippen molar-refractivity contribution in [3.8, 4) is 56.0 Å². The Labute approximate surface area is 361 Å². The van der Waals surface area contributed by atoms with Gasteiger partial charge in [0, 0.05) is 22.3 Å². The summed E-state index contributed by atoms with van der Waals surface area (Å²) in [6, 6.07) is 80.0. The van der Waals surface area contributed by atoms with Crippen molar-refractivity contribution in [3.63, 3.8) is 0 Å². The fourth-order valence-corrected chi connectivity index (χ4v) is 9.75. The van der Waals surface area contributed by atoms with Crippen molar-refractivity contribution in [1.29, 1.82) is 0 Å². The SMILES string of the molecule is c1ccc(C2=NC(c3ccccc3)NC(c3cccc(-c4cccc(-c5cccc(-c6ccc7c(c6)C6(c8ccccc8Oc8ccccc86)c6ccccc6-7)c5)c4)c3)=N2)cc1. The summed E-state index contributed by atoms with van der Waals surface area (Å²) in [5, 5.41) is 3.63. The number of benzene rings is 9. The van der Waals surface area contributed by atoms with E-state index < -0.39 is 5.41 Å². The molecule has 4 heteroatoms. The van der Waals surface area contributed by atoms with Crippen LogP contribution in [0.1, 0.15) is 45.1 Å². The van der Waals surface area contributed by atoms with Gasteiger partial charge in [0.15, 0.2) is 5.84 Å². The molecule has 3 aliphatic rings. The average Bonchev–Trinajstić information content (AvgIpc) is 3.64. The highest BCUT2D eigenvalue weighted by molar-refractivity contribution is 6.13. The quantitative estimate of drug-likeness (QED) is 0.182. The van der Waals surface area contributed by atoms with E-state index >= 15 is 0 Å². The van der Waals surface area contributed by atoms with Gasteiger partial charge in [0.25, 0.3) is 0 Å². The fraction of sp³-hybridized carbons (Fsp3) is 0.0345. The molecule has 12 rings (SSSR count). The molecule has 1 N–H and O–H groups in total. The smallest absolute Gasteiger partial charge is 0.159 e. The van der Waals surface area contributed by atoms with Crippen LogP contribution in [0.25, 0.3) is 44.5 Å². The molecule has 2 heterocycles. The third kappa shape index (κ3) is 5.83. The normalized spacial score (nSPS) is 15.2. The molecule has 1 atom stereocenters. The molecule has 0 fully saturated rings. The summed E-state index contributed by atoms with van der Waals surface area (Å²) in [6.07, 6.45) is -0.256. The van der Waals surface area contributed by atoms with Crippen LogP contribution >= 0.6 is 0 Å². The maximum Gasteiger partial charge on any atom is 0.159 e. The highest BCUT2D eigenvalue weighted by Gasteiger charge is 2.51. The first-order valence-corrected chi connectivity index (χ1v) is 21.2. The Morgan fingerprint density at radius 3 is 1.47 bits per heavy atom. The number of hydrogen-bond acceptors (Lipinski definition) is 4. The maximum absolute atomic E-state index is 6.58. The standard InChI is InChI=1S/C58H39N3O/c1-3-16-38(17-4-1)55-59-56(39-18-5-2-6-19-39)61-57(60-55)46-25-15-24-44(36-46)42-22-13-20-40(34-42)41-21-14-23-43(35-41)45-32-33-48-47-26-7-8-27-49(47)58(52(48)37-45)50-28-9-11-30-53(50)62-54-31-12-10-29-51(54)58/h1-37,55H,(H,59,60,61). The number of ether oxygens (including phenoxy) is 1. The van der Waals surface area contributed by atoms with Crippen LogP contribution in [0, 0.1) is 0 Å². The van der Waals surface area contributed by atoms with Gasteiger partial charge >= 0.3 is 0 Å². The Morgan fingerprint density at radius 2 is 0.839 bits per heavy atom. The van der Waals surface area contributed by atoms with Crippen molar-refractivity contribution in [3.05, 3.63) is 263 Å². The van der Waals surface area contributed by atoms with Crippen LogP contribution in [0.4, 0.5) is 0 Å². The molecular formula is C58H39N3O. The van der Waals surface area contributed by atoms with Crippen LogP contribution in [-0.2, 0) is 5.41 Å². The van der Waals surface area contributed by atoms with E-state index in [2.05, 4.69) is 206 Å². The molecule has 2 aliphatic heterocycles. The van der Waals surface area contributed by atoms with E-state index in [0.29, 0.717) is 5.84 Å². The zero-order valence-corrected chi connectivity index (χ0v) is 33.7. The summed E-state index contributed by atoms with van der Waals surface area (Å²) in [6.45, 7) is 0. The largest absolute Gasteiger partial charge is 0.457 e. The Morgan fingerprint density at radius 1 is 0.371 bits per heavy atom. The summed E-state index contributed by atoms with van der Waals surface area (Å²) in [5.74, 6) is 3.31. The molecule has 292 valence electrons. The van der Waals surface area contributed by atoms with Gasteiger partial charge in [0.2, 0.25) is 0 Å². The molecule has 1 unspecified atom stereocenters. The second-order valence-electron chi connectivity index (χ2n) is 16.1. The number of aliphatic imine (C=N–C) groups is 2. The lowest BCUT2D eigenvalue weighted by Gasteiger charge is -2.39. The molecule has 4 nitrogen and oxygen atoms in total. The van der Waals surface area contributed by atoms with Gasteiger partial charge < -0.3 is 10.1 Å². The first-order valence-electron chi connectivity index (χ1n) is 21.2. The molecule has 0 bridgehead atoms. The number of nitrogens with zero attached hydrogens (tertiary/aromatic N) is 2. The highest BCUT2D eigenvalue weighted by Crippen LogP contribution is 2.62. The molecule has 0 radical (unpaired) electrons. The monoisotopic (exact) mass is 793 g/mol. The van der Waals surface area contributed by atoms with Gasteiger partial charge in [-0.3, -0.25) is 0 Å². The lowest BCUT2D eigenvalue weighted by atomic mass is 9.66. The summed E-state index contributed by atoms with van der Waals surface area (Å²) in [7, 11) is 0. The van der Waals surface area contributed by atoms with E-state index in [1.165, 1.54) is 44.5 Å². The minimum absolute atomic E-state index is 0.256. The van der Waals surface area contributed by atoms with Crippen molar-refractivity contribution >= 4 is 11.7 Å². The van der Waals surface area contributed by atoms with Gasteiger partial charge in [-0.1, -0.05) is 188 Å². The minimum Gasteiger partial charge on any atom is -0.457 e. The van der Waals surface area contributed by atoms with E-state index in [4.69, 9.17) is 14.7 Å². The molecule has 62 heavy (non-hydrogen) atoms. The second kappa shape index (κ2) is 14.6. The van der Waals surface area contributed by atoms with Crippen LogP contribution in [0.15, 0.2) is 234 Å². The second-order valence-corrected chi connectivity index (χ2v) is 16.1. The predicted octanol–water partition coefficient (Wildman–Crippen LogP) is 13.7. The predicted molar refractivity (Wildman–Crippen MR) is 252 cm³/mol. The van der Waals surface area contributed by atoms with Gasteiger partial charge in [-0.25, -0.2) is 9.98 Å². The Balaban J connectivity index is 0.909. The van der Waals surface area contributed by atoms with Gasteiger partial charge in [0.05, 0.1) is 5.41 Å². The molecular weight excluding hydrogens is 755 g/mol. The van der Waals surface area contributed by atoms with Gasteiger partial charge in [-0.05, 0) is 97.6 Å². The lowest BCUT2D eigenvalue weighted by Crippen LogP contribution is -2.33. The molecule has 1 aliphatic carbocycles. The maximum atomic E-state index is 6.58. The molecule has 0 saturated heterocycles. The summed E-state index contributed by atoms with van der Waals surface area (Å²) >= 11 is 0. The number of hydrogen-bond donors (Lipinski definition) is 1. The Kier molecular flexibility index (Phi) is 8.42. The molecule has 9 aromatic carbocycles. The third-order valence-electron chi connectivity index (χ3n) is 12.6. The third-order valence-corrected chi connectivity index (χ3v) is 12.6. The number of fused-ring (bicyclic) bond motifs is 9. The van der Waals surface area contributed by atoms with E-state index in [0.717, 1.165) is 56.3 Å². The van der Waals surface area contributed by atoms with Crippen LogP contribution in [0.3, 0.4) is 0 Å². The lowest BCUT2D eigenvalue weighted by molar-refractivity contribution is 0.436. The van der Waals surface area contributed by atoms with Gasteiger partial charge in [-0.15, -0.1) is 0 Å². The molecule has 1 spiro atoms. The number of rotatable bonds is 6. The number of para-hydroxylation sites is 2. The molecule has 0 amide bonds.